The minimum atomic E-state index is -0.0322. The number of phenols is 1. The summed E-state index contributed by atoms with van der Waals surface area (Å²) in [6, 6.07) is 7.80. The van der Waals surface area contributed by atoms with Crippen molar-refractivity contribution in [1.82, 2.24) is 0 Å². The molecule has 0 aromatic heterocycles. The lowest BCUT2D eigenvalue weighted by molar-refractivity contribution is -0.182. The van der Waals surface area contributed by atoms with E-state index in [1.807, 2.05) is 12.1 Å². The third-order valence-electron chi connectivity index (χ3n) is 6.46. The molecule has 2 aliphatic carbocycles. The van der Waals surface area contributed by atoms with Gasteiger partial charge in [-0.3, -0.25) is 0 Å². The molecule has 24 heavy (non-hydrogen) atoms. The summed E-state index contributed by atoms with van der Waals surface area (Å²) in [5.41, 5.74) is 1.05. The Labute approximate surface area is 147 Å². The van der Waals surface area contributed by atoms with Crippen LogP contribution < -0.4 is 0 Å². The van der Waals surface area contributed by atoms with E-state index in [4.69, 9.17) is 4.74 Å². The maximum Gasteiger partial charge on any atom is 0.118 e. The third-order valence-corrected chi connectivity index (χ3v) is 6.46. The molecule has 1 aromatic carbocycles. The van der Waals surface area contributed by atoms with Crippen LogP contribution in [0.1, 0.15) is 83.6 Å². The monoisotopic (exact) mass is 330 g/mol. The molecule has 3 rings (SSSR count). The number of ether oxygens (including phenoxy) is 1. The molecule has 0 unspecified atom stereocenters. The van der Waals surface area contributed by atoms with Crippen LogP contribution in [-0.4, -0.2) is 16.8 Å². The van der Waals surface area contributed by atoms with Crippen LogP contribution in [0.4, 0.5) is 0 Å². The van der Waals surface area contributed by atoms with Gasteiger partial charge in [0.15, 0.2) is 0 Å². The molecule has 134 valence electrons. The highest BCUT2D eigenvalue weighted by molar-refractivity contribution is 5.33. The molecule has 2 nitrogen and oxygen atoms in total. The zero-order chi connectivity index (χ0) is 17.0. The van der Waals surface area contributed by atoms with E-state index in [0.717, 1.165) is 12.0 Å². The van der Waals surface area contributed by atoms with E-state index >= 15 is 0 Å². The fourth-order valence-electron chi connectivity index (χ4n) is 4.88. The zero-order valence-electron chi connectivity index (χ0n) is 15.5. The Bertz CT molecular complexity index is 523. The molecular weight excluding hydrogens is 296 g/mol. The van der Waals surface area contributed by atoms with Gasteiger partial charge in [0.05, 0.1) is 11.7 Å². The van der Waals surface area contributed by atoms with Gasteiger partial charge in [-0.05, 0) is 49.1 Å². The van der Waals surface area contributed by atoms with Crippen molar-refractivity contribution >= 4 is 0 Å². The predicted molar refractivity (Wildman–Crippen MR) is 99.4 cm³/mol. The van der Waals surface area contributed by atoms with E-state index in [-0.39, 0.29) is 11.0 Å². The maximum absolute atomic E-state index is 10.2. The molecule has 2 saturated carbocycles. The minimum Gasteiger partial charge on any atom is -0.508 e. The van der Waals surface area contributed by atoms with Gasteiger partial charge in [0.25, 0.3) is 0 Å². The van der Waals surface area contributed by atoms with E-state index in [1.54, 1.807) is 6.07 Å². The fourth-order valence-corrected chi connectivity index (χ4v) is 4.88. The Hall–Kier alpha value is -1.02. The topological polar surface area (TPSA) is 29.5 Å². The molecule has 2 fully saturated rings. The molecule has 0 spiro atoms. The average Bonchev–Trinajstić information content (AvgIpc) is 2.58. The molecule has 0 aliphatic heterocycles. The SMILES string of the molecule is CC(C)(Cc1ccccc1O)C1(OC2CCCCC2)CCCCC1. The quantitative estimate of drug-likeness (QED) is 0.716. The van der Waals surface area contributed by atoms with Crippen molar-refractivity contribution in [1.29, 1.82) is 0 Å². The zero-order valence-corrected chi connectivity index (χ0v) is 15.5. The Balaban J connectivity index is 1.81. The van der Waals surface area contributed by atoms with Gasteiger partial charge in [0.2, 0.25) is 0 Å². The number of para-hydroxylation sites is 1. The van der Waals surface area contributed by atoms with Crippen molar-refractivity contribution in [3.05, 3.63) is 29.8 Å². The first-order valence-corrected chi connectivity index (χ1v) is 9.97. The summed E-state index contributed by atoms with van der Waals surface area (Å²) >= 11 is 0. The van der Waals surface area contributed by atoms with Gasteiger partial charge in [-0.2, -0.15) is 0 Å². The lowest BCUT2D eigenvalue weighted by atomic mass is 9.64. The first-order chi connectivity index (χ1) is 11.5. The predicted octanol–water partition coefficient (Wildman–Crippen LogP) is 6.01. The second-order valence-electron chi connectivity index (χ2n) is 8.62. The van der Waals surface area contributed by atoms with Gasteiger partial charge in [-0.25, -0.2) is 0 Å². The second kappa shape index (κ2) is 7.47. The molecule has 2 heteroatoms. The van der Waals surface area contributed by atoms with E-state index < -0.39 is 0 Å². The molecule has 0 saturated heterocycles. The molecule has 0 atom stereocenters. The van der Waals surface area contributed by atoms with Gasteiger partial charge in [-0.15, -0.1) is 0 Å². The molecule has 2 aliphatic rings. The number of phenolic OH excluding ortho intramolecular Hbond substituents is 1. The number of aromatic hydroxyl groups is 1. The van der Waals surface area contributed by atoms with Gasteiger partial charge >= 0.3 is 0 Å². The van der Waals surface area contributed by atoms with Crippen molar-refractivity contribution in [2.45, 2.75) is 96.2 Å². The number of rotatable bonds is 5. The Morgan fingerprint density at radius 1 is 1.00 bits per heavy atom. The Morgan fingerprint density at radius 2 is 1.62 bits per heavy atom. The van der Waals surface area contributed by atoms with Crippen molar-refractivity contribution in [2.24, 2.45) is 5.41 Å². The average molecular weight is 331 g/mol. The Kier molecular flexibility index (Phi) is 5.54. The Morgan fingerprint density at radius 3 is 2.29 bits per heavy atom. The van der Waals surface area contributed by atoms with Crippen LogP contribution in [0.25, 0.3) is 0 Å². The molecular formula is C22H34O2. The van der Waals surface area contributed by atoms with Crippen molar-refractivity contribution in [3.63, 3.8) is 0 Å². The van der Waals surface area contributed by atoms with Gasteiger partial charge in [0, 0.05) is 0 Å². The van der Waals surface area contributed by atoms with Crippen LogP contribution in [0.5, 0.6) is 5.75 Å². The first-order valence-electron chi connectivity index (χ1n) is 9.97. The van der Waals surface area contributed by atoms with Crippen LogP contribution >= 0.6 is 0 Å². The molecule has 0 bridgehead atoms. The van der Waals surface area contributed by atoms with Crippen LogP contribution in [0.3, 0.4) is 0 Å². The molecule has 0 amide bonds. The second-order valence-corrected chi connectivity index (χ2v) is 8.62. The van der Waals surface area contributed by atoms with Crippen LogP contribution in [0, 0.1) is 5.41 Å². The largest absolute Gasteiger partial charge is 0.508 e. The standard InChI is InChI=1S/C22H34O2/c1-21(2,17-18-11-7-8-14-20(18)23)22(15-9-4-10-16-22)24-19-12-5-3-6-13-19/h7-8,11,14,19,23H,3-6,9-10,12-13,15-17H2,1-2H3. The fraction of sp³-hybridized carbons (Fsp3) is 0.727. The minimum absolute atomic E-state index is 0.0314. The van der Waals surface area contributed by atoms with E-state index in [9.17, 15) is 5.11 Å². The lowest BCUT2D eigenvalue weighted by Crippen LogP contribution is -2.51. The first kappa shape index (κ1) is 17.8. The number of hydrogen-bond donors (Lipinski definition) is 1. The number of hydrogen-bond acceptors (Lipinski definition) is 2. The lowest BCUT2D eigenvalue weighted by Gasteiger charge is -2.51. The van der Waals surface area contributed by atoms with Crippen LogP contribution in [0.15, 0.2) is 24.3 Å². The normalized spacial score (nSPS) is 22.4. The summed E-state index contributed by atoms with van der Waals surface area (Å²) in [6.07, 6.45) is 14.0. The van der Waals surface area contributed by atoms with Crippen LogP contribution in [-0.2, 0) is 11.2 Å². The van der Waals surface area contributed by atoms with Crippen molar-refractivity contribution in [3.8, 4) is 5.75 Å². The van der Waals surface area contributed by atoms with Crippen molar-refractivity contribution < 1.29 is 9.84 Å². The smallest absolute Gasteiger partial charge is 0.118 e. The van der Waals surface area contributed by atoms with Gasteiger partial charge < -0.3 is 9.84 Å². The maximum atomic E-state index is 10.2. The van der Waals surface area contributed by atoms with E-state index in [1.165, 1.54) is 64.2 Å². The highest BCUT2D eigenvalue weighted by Gasteiger charge is 2.48. The highest BCUT2D eigenvalue weighted by atomic mass is 16.5. The number of benzene rings is 1. The van der Waals surface area contributed by atoms with Gasteiger partial charge in [0.1, 0.15) is 5.75 Å². The summed E-state index contributed by atoms with van der Waals surface area (Å²) in [7, 11) is 0. The molecule has 1 aromatic rings. The summed E-state index contributed by atoms with van der Waals surface area (Å²) in [6.45, 7) is 4.71. The van der Waals surface area contributed by atoms with Crippen molar-refractivity contribution in [2.75, 3.05) is 0 Å². The highest BCUT2D eigenvalue weighted by Crippen LogP contribution is 2.49. The summed E-state index contributed by atoms with van der Waals surface area (Å²) < 4.78 is 6.92. The van der Waals surface area contributed by atoms with E-state index in [2.05, 4.69) is 19.9 Å². The van der Waals surface area contributed by atoms with Crippen LogP contribution in [0.2, 0.25) is 0 Å². The van der Waals surface area contributed by atoms with Gasteiger partial charge in [-0.1, -0.05) is 70.6 Å². The summed E-state index contributed by atoms with van der Waals surface area (Å²) in [4.78, 5) is 0. The van der Waals surface area contributed by atoms with E-state index in [0.29, 0.717) is 11.9 Å². The summed E-state index contributed by atoms with van der Waals surface area (Å²) in [5, 5.41) is 10.2. The molecule has 1 N–H and O–H groups in total. The molecule has 0 radical (unpaired) electrons. The summed E-state index contributed by atoms with van der Waals surface area (Å²) in [5.74, 6) is 0.425. The molecule has 0 heterocycles. The third kappa shape index (κ3) is 3.79.